The highest BCUT2D eigenvalue weighted by molar-refractivity contribution is 5.39. The normalized spacial score (nSPS) is 18.2. The summed E-state index contributed by atoms with van der Waals surface area (Å²) in [7, 11) is 1.65. The van der Waals surface area contributed by atoms with Gasteiger partial charge in [0.1, 0.15) is 11.5 Å². The van der Waals surface area contributed by atoms with Crippen LogP contribution in [-0.2, 0) is 6.54 Å². The molecular formula is C16H25NO2. The maximum atomic E-state index is 9.86. The number of nitrogens with one attached hydrogen (secondary N) is 1. The number of ether oxygens (including phenoxy) is 1. The van der Waals surface area contributed by atoms with E-state index in [-0.39, 0.29) is 0 Å². The lowest BCUT2D eigenvalue weighted by Crippen LogP contribution is -2.34. The van der Waals surface area contributed by atoms with Gasteiger partial charge in [-0.2, -0.15) is 0 Å². The molecule has 1 aliphatic carbocycles. The first-order valence-electron chi connectivity index (χ1n) is 7.30. The van der Waals surface area contributed by atoms with E-state index in [1.165, 1.54) is 32.1 Å². The molecule has 3 heteroatoms. The van der Waals surface area contributed by atoms with Crippen molar-refractivity contribution in [3.8, 4) is 11.5 Å². The van der Waals surface area contributed by atoms with Crippen LogP contribution in [0.25, 0.3) is 0 Å². The first kappa shape index (κ1) is 14.2. The van der Waals surface area contributed by atoms with Crippen molar-refractivity contribution >= 4 is 0 Å². The summed E-state index contributed by atoms with van der Waals surface area (Å²) in [4.78, 5) is 0. The van der Waals surface area contributed by atoms with Crippen LogP contribution in [0, 0.1) is 5.92 Å². The second kappa shape index (κ2) is 6.80. The first-order chi connectivity index (χ1) is 9.20. The fourth-order valence-electron chi connectivity index (χ4n) is 2.90. The third kappa shape index (κ3) is 3.87. The molecule has 0 saturated heterocycles. The zero-order valence-electron chi connectivity index (χ0n) is 12.0. The van der Waals surface area contributed by atoms with Crippen LogP contribution in [-0.4, -0.2) is 18.3 Å². The van der Waals surface area contributed by atoms with E-state index in [2.05, 4.69) is 12.2 Å². The molecule has 2 rings (SSSR count). The van der Waals surface area contributed by atoms with Crippen molar-refractivity contribution < 1.29 is 9.84 Å². The Morgan fingerprint density at radius 2 is 2.05 bits per heavy atom. The van der Waals surface area contributed by atoms with E-state index in [1.54, 1.807) is 19.2 Å². The van der Waals surface area contributed by atoms with Crippen LogP contribution >= 0.6 is 0 Å². The van der Waals surface area contributed by atoms with Gasteiger partial charge < -0.3 is 15.2 Å². The number of phenolic OH excluding ortho intramolecular Hbond substituents is 1. The van der Waals surface area contributed by atoms with Crippen molar-refractivity contribution in [1.82, 2.24) is 5.32 Å². The highest BCUT2D eigenvalue weighted by Gasteiger charge is 2.19. The summed E-state index contributed by atoms with van der Waals surface area (Å²) in [6.45, 7) is 2.95. The topological polar surface area (TPSA) is 41.5 Å². The van der Waals surface area contributed by atoms with Gasteiger partial charge in [0.15, 0.2) is 0 Å². The Morgan fingerprint density at radius 1 is 1.32 bits per heavy atom. The second-order valence-corrected chi connectivity index (χ2v) is 5.56. The van der Waals surface area contributed by atoms with E-state index < -0.39 is 0 Å². The van der Waals surface area contributed by atoms with E-state index in [9.17, 15) is 5.11 Å². The van der Waals surface area contributed by atoms with Gasteiger partial charge >= 0.3 is 0 Å². The Labute approximate surface area is 116 Å². The Morgan fingerprint density at radius 3 is 2.74 bits per heavy atom. The molecule has 106 valence electrons. The molecule has 0 heterocycles. The molecule has 0 bridgehead atoms. The minimum Gasteiger partial charge on any atom is -0.508 e. The van der Waals surface area contributed by atoms with E-state index in [4.69, 9.17) is 4.74 Å². The lowest BCUT2D eigenvalue weighted by molar-refractivity contribution is 0.280. The molecule has 2 N–H and O–H groups in total. The van der Waals surface area contributed by atoms with Crippen molar-refractivity contribution in [3.05, 3.63) is 23.8 Å². The summed E-state index contributed by atoms with van der Waals surface area (Å²) in [5.41, 5.74) is 0.905. The standard InChI is InChI=1S/C16H25NO2/c1-12(13-6-4-3-5-7-13)17-11-14-10-15(19-2)8-9-16(14)18/h8-10,12-13,17-18H,3-7,11H2,1-2H3/t12-/m0/s1. The van der Waals surface area contributed by atoms with Crippen molar-refractivity contribution in [2.75, 3.05) is 7.11 Å². The number of benzene rings is 1. The smallest absolute Gasteiger partial charge is 0.120 e. The van der Waals surface area contributed by atoms with Crippen LogP contribution in [0.15, 0.2) is 18.2 Å². The maximum Gasteiger partial charge on any atom is 0.120 e. The molecule has 0 aliphatic heterocycles. The van der Waals surface area contributed by atoms with E-state index in [1.807, 2.05) is 6.07 Å². The summed E-state index contributed by atoms with van der Waals surface area (Å²) in [5.74, 6) is 1.91. The van der Waals surface area contributed by atoms with Gasteiger partial charge in [-0.15, -0.1) is 0 Å². The molecule has 1 aromatic carbocycles. The third-order valence-electron chi connectivity index (χ3n) is 4.26. The lowest BCUT2D eigenvalue weighted by atomic mass is 9.84. The summed E-state index contributed by atoms with van der Waals surface area (Å²) >= 11 is 0. The molecule has 1 saturated carbocycles. The van der Waals surface area contributed by atoms with Crippen LogP contribution in [0.3, 0.4) is 0 Å². The number of aromatic hydroxyl groups is 1. The minimum atomic E-state index is 0.337. The highest BCUT2D eigenvalue weighted by atomic mass is 16.5. The Kier molecular flexibility index (Phi) is 5.08. The third-order valence-corrected chi connectivity index (χ3v) is 4.26. The Bertz CT molecular complexity index is 400. The number of methoxy groups -OCH3 is 1. The molecule has 1 fully saturated rings. The molecule has 1 aromatic rings. The van der Waals surface area contributed by atoms with Crippen LogP contribution in [0.4, 0.5) is 0 Å². The zero-order chi connectivity index (χ0) is 13.7. The summed E-state index contributed by atoms with van der Waals surface area (Å²) < 4.78 is 5.19. The number of hydrogen-bond donors (Lipinski definition) is 2. The Hall–Kier alpha value is -1.22. The lowest BCUT2D eigenvalue weighted by Gasteiger charge is -2.28. The number of hydrogen-bond acceptors (Lipinski definition) is 3. The van der Waals surface area contributed by atoms with Gasteiger partial charge in [-0.05, 0) is 43.9 Å². The molecule has 1 atom stereocenters. The van der Waals surface area contributed by atoms with Crippen LogP contribution < -0.4 is 10.1 Å². The minimum absolute atomic E-state index is 0.337. The fourth-order valence-corrected chi connectivity index (χ4v) is 2.90. The number of rotatable bonds is 5. The summed E-state index contributed by atoms with van der Waals surface area (Å²) in [5, 5.41) is 13.4. The second-order valence-electron chi connectivity index (χ2n) is 5.56. The Balaban J connectivity index is 1.90. The maximum absolute atomic E-state index is 9.86. The van der Waals surface area contributed by atoms with E-state index in [0.29, 0.717) is 18.3 Å². The molecule has 0 aromatic heterocycles. The first-order valence-corrected chi connectivity index (χ1v) is 7.30. The van der Waals surface area contributed by atoms with Gasteiger partial charge in [0.2, 0.25) is 0 Å². The van der Waals surface area contributed by atoms with Gasteiger partial charge in [-0.3, -0.25) is 0 Å². The average Bonchev–Trinajstić information content (AvgIpc) is 2.47. The van der Waals surface area contributed by atoms with Crippen LogP contribution in [0.1, 0.15) is 44.6 Å². The quantitative estimate of drug-likeness (QED) is 0.855. The monoisotopic (exact) mass is 263 g/mol. The van der Waals surface area contributed by atoms with Crippen LogP contribution in [0.5, 0.6) is 11.5 Å². The van der Waals surface area contributed by atoms with Gasteiger partial charge in [0.25, 0.3) is 0 Å². The largest absolute Gasteiger partial charge is 0.508 e. The van der Waals surface area contributed by atoms with Gasteiger partial charge in [0.05, 0.1) is 7.11 Å². The SMILES string of the molecule is COc1ccc(O)c(CN[C@@H](C)C2CCCCC2)c1. The van der Waals surface area contributed by atoms with Crippen molar-refractivity contribution in [3.63, 3.8) is 0 Å². The number of phenols is 1. The predicted octanol–water partition coefficient (Wildman–Crippen LogP) is 3.46. The zero-order valence-corrected chi connectivity index (χ0v) is 12.0. The molecule has 0 radical (unpaired) electrons. The summed E-state index contributed by atoms with van der Waals surface area (Å²) in [6.07, 6.45) is 6.78. The van der Waals surface area contributed by atoms with E-state index >= 15 is 0 Å². The van der Waals surface area contributed by atoms with Gasteiger partial charge in [-0.25, -0.2) is 0 Å². The van der Waals surface area contributed by atoms with Gasteiger partial charge in [-0.1, -0.05) is 19.3 Å². The molecule has 0 unspecified atom stereocenters. The average molecular weight is 263 g/mol. The van der Waals surface area contributed by atoms with Gasteiger partial charge in [0, 0.05) is 18.2 Å². The van der Waals surface area contributed by atoms with Crippen molar-refractivity contribution in [2.45, 2.75) is 51.6 Å². The van der Waals surface area contributed by atoms with E-state index in [0.717, 1.165) is 17.2 Å². The predicted molar refractivity (Wildman–Crippen MR) is 77.5 cm³/mol. The molecule has 1 aliphatic rings. The molecule has 19 heavy (non-hydrogen) atoms. The molecule has 3 nitrogen and oxygen atoms in total. The van der Waals surface area contributed by atoms with Crippen LogP contribution in [0.2, 0.25) is 0 Å². The molecular weight excluding hydrogens is 238 g/mol. The molecule has 0 spiro atoms. The van der Waals surface area contributed by atoms with Crippen molar-refractivity contribution in [1.29, 1.82) is 0 Å². The fraction of sp³-hybridized carbons (Fsp3) is 0.625. The highest BCUT2D eigenvalue weighted by Crippen LogP contribution is 2.27. The molecule has 0 amide bonds. The summed E-state index contributed by atoms with van der Waals surface area (Å²) in [6, 6.07) is 5.88. The van der Waals surface area contributed by atoms with Crippen molar-refractivity contribution in [2.24, 2.45) is 5.92 Å².